The van der Waals surface area contributed by atoms with Crippen LogP contribution in [0.1, 0.15) is 55.1 Å². The molecule has 0 spiro atoms. The van der Waals surface area contributed by atoms with Gasteiger partial charge >= 0.3 is 11.9 Å². The smallest absolute Gasteiger partial charge is 0.357 e. The maximum Gasteiger partial charge on any atom is 0.357 e. The van der Waals surface area contributed by atoms with Gasteiger partial charge in [0.25, 0.3) is 11.4 Å². The number of Topliss-reactive ketones (excluding diaryl/α,β-unsaturated/α-hetero) is 1. The Morgan fingerprint density at radius 2 is 1.66 bits per heavy atom. The van der Waals surface area contributed by atoms with E-state index in [2.05, 4.69) is 0 Å². The van der Waals surface area contributed by atoms with Crippen molar-refractivity contribution in [3.63, 3.8) is 0 Å². The van der Waals surface area contributed by atoms with E-state index in [-0.39, 0.29) is 29.9 Å². The molecule has 1 aromatic carbocycles. The van der Waals surface area contributed by atoms with E-state index < -0.39 is 28.7 Å². The Morgan fingerprint density at radius 3 is 2.16 bits per heavy atom. The molecule has 176 valence electrons. The zero-order valence-electron chi connectivity index (χ0n) is 19.8. The molecule has 2 aliphatic heterocycles. The molecule has 9 nitrogen and oxygen atoms in total. The third-order valence-electron chi connectivity index (χ3n) is 6.59. The molecule has 9 heteroatoms. The number of hydrogen-bond donors (Lipinski definition) is 0. The summed E-state index contributed by atoms with van der Waals surface area (Å²) in [6.45, 7) is 6.64. The molecule has 32 heavy (non-hydrogen) atoms. The maximum absolute atomic E-state index is 13.2. The van der Waals surface area contributed by atoms with Crippen molar-refractivity contribution in [2.24, 2.45) is 5.41 Å². The first-order chi connectivity index (χ1) is 15.0. The van der Waals surface area contributed by atoms with Crippen molar-refractivity contribution in [1.29, 1.82) is 0 Å². The van der Waals surface area contributed by atoms with E-state index in [9.17, 15) is 14.4 Å². The molecule has 1 saturated heterocycles. The zero-order valence-corrected chi connectivity index (χ0v) is 19.8. The fraction of sp³-hybridized carbons (Fsp3) is 0.609. The van der Waals surface area contributed by atoms with E-state index in [1.807, 2.05) is 6.92 Å². The van der Waals surface area contributed by atoms with Gasteiger partial charge in [0.05, 0.1) is 21.3 Å². The highest BCUT2D eigenvalue weighted by atomic mass is 16.7. The lowest BCUT2D eigenvalue weighted by atomic mass is 9.69. The average Bonchev–Trinajstić information content (AvgIpc) is 2.94. The second kappa shape index (κ2) is 7.95. The number of cyclic esters (lactones) is 1. The number of benzene rings is 1. The van der Waals surface area contributed by atoms with Crippen molar-refractivity contribution in [2.75, 3.05) is 28.4 Å². The normalized spacial score (nSPS) is 28.2. The predicted molar refractivity (Wildman–Crippen MR) is 112 cm³/mol. The lowest BCUT2D eigenvalue weighted by Gasteiger charge is -2.48. The Bertz CT molecular complexity index is 984. The minimum absolute atomic E-state index is 0.0437. The van der Waals surface area contributed by atoms with Gasteiger partial charge in [-0.2, -0.15) is 0 Å². The number of carbonyl (C=O) groups is 3. The summed E-state index contributed by atoms with van der Waals surface area (Å²) in [4.78, 5) is 39.1. The van der Waals surface area contributed by atoms with E-state index in [1.165, 1.54) is 35.4 Å². The first kappa shape index (κ1) is 23.8. The lowest BCUT2D eigenvalue weighted by Crippen LogP contribution is -2.67. The lowest BCUT2D eigenvalue weighted by molar-refractivity contribution is -0.275. The molecule has 2 heterocycles. The molecule has 0 aromatic heterocycles. The standard InChI is InChI=1S/C23H30O9/c1-9-10-14(24)15-17(28-6)12(2)16(27-5)13-11-21(3)19(25)32-22(4,20(26)29-7)23(21,30-8)31-18(13)15/h9-11H2,1-8H3/t21-,22-,23-/m0/s1. The SMILES string of the molecule is CCCC(=O)c1c(OC)c(C)c(OC)c2c1O[C@@]1(OC)[C@@](C)(C2)C(=O)O[C@@]1(C)C(=O)OC. The number of hydrogen-bond acceptors (Lipinski definition) is 9. The van der Waals surface area contributed by atoms with Gasteiger partial charge < -0.3 is 28.4 Å². The molecule has 0 radical (unpaired) electrons. The number of ketones is 1. The Balaban J connectivity index is 2.42. The quantitative estimate of drug-likeness (QED) is 0.458. The highest BCUT2D eigenvalue weighted by molar-refractivity contribution is 6.03. The Hall–Kier alpha value is -2.81. The molecule has 0 unspecified atom stereocenters. The molecular formula is C23H30O9. The molecule has 0 saturated carbocycles. The van der Waals surface area contributed by atoms with Crippen LogP contribution in [0.2, 0.25) is 0 Å². The number of fused-ring (bicyclic) bond motifs is 2. The summed E-state index contributed by atoms with van der Waals surface area (Å²) in [5.74, 6) is -2.75. The van der Waals surface area contributed by atoms with E-state index in [0.29, 0.717) is 29.0 Å². The van der Waals surface area contributed by atoms with Crippen molar-refractivity contribution in [3.8, 4) is 17.2 Å². The fourth-order valence-corrected chi connectivity index (χ4v) is 5.04. The monoisotopic (exact) mass is 450 g/mol. The predicted octanol–water partition coefficient (Wildman–Crippen LogP) is 2.77. The Morgan fingerprint density at radius 1 is 1.03 bits per heavy atom. The molecule has 1 aromatic rings. The van der Waals surface area contributed by atoms with Gasteiger partial charge in [0.2, 0.25) is 0 Å². The molecule has 0 aliphatic carbocycles. The molecule has 3 atom stereocenters. The third-order valence-corrected chi connectivity index (χ3v) is 6.59. The van der Waals surface area contributed by atoms with Crippen molar-refractivity contribution in [3.05, 3.63) is 16.7 Å². The van der Waals surface area contributed by atoms with Crippen molar-refractivity contribution in [1.82, 2.24) is 0 Å². The Kier molecular flexibility index (Phi) is 5.93. The minimum atomic E-state index is -1.92. The van der Waals surface area contributed by atoms with Crippen LogP contribution < -0.4 is 14.2 Å². The second-order valence-electron chi connectivity index (χ2n) is 8.39. The van der Waals surface area contributed by atoms with E-state index in [1.54, 1.807) is 13.8 Å². The van der Waals surface area contributed by atoms with Gasteiger partial charge in [0, 0.05) is 31.1 Å². The first-order valence-electron chi connectivity index (χ1n) is 10.4. The summed E-state index contributed by atoms with van der Waals surface area (Å²) in [5, 5.41) is 0. The van der Waals surface area contributed by atoms with Crippen molar-refractivity contribution < 1.29 is 42.8 Å². The third kappa shape index (κ3) is 2.76. The molecule has 0 amide bonds. The summed E-state index contributed by atoms with van der Waals surface area (Å²) < 4.78 is 33.9. The number of rotatable bonds is 7. The minimum Gasteiger partial charge on any atom is -0.496 e. The van der Waals surface area contributed by atoms with Crippen LogP contribution in [0, 0.1) is 12.3 Å². The largest absolute Gasteiger partial charge is 0.496 e. The Labute approximate surface area is 187 Å². The summed E-state index contributed by atoms with van der Waals surface area (Å²) in [6.07, 6.45) is 0.900. The summed E-state index contributed by atoms with van der Waals surface area (Å²) >= 11 is 0. The van der Waals surface area contributed by atoms with Gasteiger partial charge in [-0.3, -0.25) is 9.59 Å². The zero-order chi connectivity index (χ0) is 24.1. The van der Waals surface area contributed by atoms with Gasteiger partial charge in [-0.1, -0.05) is 6.92 Å². The number of carbonyl (C=O) groups excluding carboxylic acids is 3. The van der Waals surface area contributed by atoms with Crippen LogP contribution in [0.25, 0.3) is 0 Å². The maximum atomic E-state index is 13.2. The summed E-state index contributed by atoms with van der Waals surface area (Å²) in [6, 6.07) is 0. The first-order valence-corrected chi connectivity index (χ1v) is 10.4. The molecule has 0 N–H and O–H groups in total. The fourth-order valence-electron chi connectivity index (χ4n) is 5.04. The van der Waals surface area contributed by atoms with Crippen LogP contribution in [-0.2, 0) is 30.2 Å². The number of esters is 2. The van der Waals surface area contributed by atoms with Crippen LogP contribution in [0.15, 0.2) is 0 Å². The number of ether oxygens (including phenoxy) is 6. The number of methoxy groups -OCH3 is 4. The van der Waals surface area contributed by atoms with Crippen molar-refractivity contribution >= 4 is 17.7 Å². The molecule has 1 fully saturated rings. The van der Waals surface area contributed by atoms with E-state index in [0.717, 1.165) is 0 Å². The highest BCUT2D eigenvalue weighted by Crippen LogP contribution is 2.61. The molecular weight excluding hydrogens is 420 g/mol. The van der Waals surface area contributed by atoms with Crippen LogP contribution in [-0.4, -0.2) is 57.5 Å². The van der Waals surface area contributed by atoms with Crippen LogP contribution in [0.5, 0.6) is 17.2 Å². The highest BCUT2D eigenvalue weighted by Gasteiger charge is 2.79. The van der Waals surface area contributed by atoms with Crippen LogP contribution in [0.3, 0.4) is 0 Å². The topological polar surface area (TPSA) is 107 Å². The summed E-state index contributed by atoms with van der Waals surface area (Å²) in [5.41, 5.74) is -2.03. The van der Waals surface area contributed by atoms with Gasteiger partial charge in [-0.05, 0) is 27.2 Å². The summed E-state index contributed by atoms with van der Waals surface area (Å²) in [7, 11) is 5.45. The van der Waals surface area contributed by atoms with Crippen LogP contribution >= 0.6 is 0 Å². The molecule has 2 aliphatic rings. The molecule has 0 bridgehead atoms. The molecule has 3 rings (SSSR count). The van der Waals surface area contributed by atoms with E-state index in [4.69, 9.17) is 28.4 Å². The second-order valence-corrected chi connectivity index (χ2v) is 8.39. The van der Waals surface area contributed by atoms with Gasteiger partial charge in [0.15, 0.2) is 5.78 Å². The van der Waals surface area contributed by atoms with Crippen molar-refractivity contribution in [2.45, 2.75) is 58.3 Å². The van der Waals surface area contributed by atoms with Gasteiger partial charge in [-0.15, -0.1) is 0 Å². The van der Waals surface area contributed by atoms with Crippen LogP contribution in [0.4, 0.5) is 0 Å². The average molecular weight is 450 g/mol. The van der Waals surface area contributed by atoms with Gasteiger partial charge in [-0.25, -0.2) is 4.79 Å². The van der Waals surface area contributed by atoms with E-state index >= 15 is 0 Å². The van der Waals surface area contributed by atoms with Gasteiger partial charge in [0.1, 0.15) is 28.2 Å².